The highest BCUT2D eigenvalue weighted by Gasteiger charge is 2.08. The van der Waals surface area contributed by atoms with Gasteiger partial charge in [-0.05, 0) is 57.9 Å². The predicted octanol–water partition coefficient (Wildman–Crippen LogP) is 8.13. The zero-order valence-corrected chi connectivity index (χ0v) is 16.4. The second-order valence-electron chi connectivity index (χ2n) is 7.04. The molecule has 2 N–H and O–H groups in total. The maximum atomic E-state index is 6.72. The monoisotopic (exact) mass is 394 g/mol. The van der Waals surface area contributed by atoms with Crippen LogP contribution in [0.4, 0.5) is 22.7 Å². The van der Waals surface area contributed by atoms with Crippen molar-refractivity contribution in [2.45, 2.75) is 0 Å². The van der Waals surface area contributed by atoms with E-state index in [2.05, 4.69) is 71.3 Å². The Morgan fingerprint density at radius 2 is 0.897 bits per heavy atom. The highest BCUT2D eigenvalue weighted by atomic mass is 35.5. The first-order chi connectivity index (χ1) is 14.3. The Balaban J connectivity index is 1.43. The Labute approximate surface area is 174 Å². The SMILES string of the molecule is Clc1c(Nc2ccc3ccccc3c2)cccc1Nc1ccc2ccccc2c1. The van der Waals surface area contributed by atoms with Crippen LogP contribution >= 0.6 is 11.6 Å². The van der Waals surface area contributed by atoms with E-state index in [0.29, 0.717) is 5.02 Å². The lowest BCUT2D eigenvalue weighted by Crippen LogP contribution is -1.96. The first kappa shape index (κ1) is 17.6. The fourth-order valence-corrected chi connectivity index (χ4v) is 3.79. The Kier molecular flexibility index (Phi) is 4.55. The van der Waals surface area contributed by atoms with E-state index in [1.54, 1.807) is 0 Å². The van der Waals surface area contributed by atoms with E-state index in [9.17, 15) is 0 Å². The van der Waals surface area contributed by atoms with Gasteiger partial charge >= 0.3 is 0 Å². The largest absolute Gasteiger partial charge is 0.354 e. The molecule has 0 spiro atoms. The van der Waals surface area contributed by atoms with Crippen molar-refractivity contribution in [1.29, 1.82) is 0 Å². The standard InChI is InChI=1S/C26H19ClN2/c27-26-24(28-22-14-12-18-6-1-3-8-20(18)16-22)10-5-11-25(26)29-23-15-13-19-7-2-4-9-21(19)17-23/h1-17,28-29H. The lowest BCUT2D eigenvalue weighted by atomic mass is 10.1. The van der Waals surface area contributed by atoms with Gasteiger partial charge in [-0.1, -0.05) is 78.3 Å². The highest BCUT2D eigenvalue weighted by Crippen LogP contribution is 2.35. The molecular weight excluding hydrogens is 376 g/mol. The topological polar surface area (TPSA) is 24.1 Å². The lowest BCUT2D eigenvalue weighted by molar-refractivity contribution is 1.53. The average molecular weight is 395 g/mol. The van der Waals surface area contributed by atoms with Crippen molar-refractivity contribution in [3.8, 4) is 0 Å². The summed E-state index contributed by atoms with van der Waals surface area (Å²) in [6.45, 7) is 0. The Morgan fingerprint density at radius 3 is 1.38 bits per heavy atom. The van der Waals surface area contributed by atoms with Gasteiger partial charge in [-0.2, -0.15) is 0 Å². The number of halogens is 1. The molecular formula is C26H19ClN2. The molecule has 0 aliphatic heterocycles. The third-order valence-electron chi connectivity index (χ3n) is 5.06. The van der Waals surface area contributed by atoms with Gasteiger partial charge in [0.05, 0.1) is 16.4 Å². The minimum atomic E-state index is 0.661. The number of rotatable bonds is 4. The normalized spacial score (nSPS) is 10.9. The molecule has 5 aromatic rings. The lowest BCUT2D eigenvalue weighted by Gasteiger charge is -2.14. The van der Waals surface area contributed by atoms with Crippen molar-refractivity contribution in [2.75, 3.05) is 10.6 Å². The molecule has 5 rings (SSSR count). The number of nitrogens with one attached hydrogen (secondary N) is 2. The maximum absolute atomic E-state index is 6.72. The average Bonchev–Trinajstić information content (AvgIpc) is 2.76. The van der Waals surface area contributed by atoms with Crippen LogP contribution in [0.5, 0.6) is 0 Å². The van der Waals surface area contributed by atoms with E-state index in [1.165, 1.54) is 21.5 Å². The van der Waals surface area contributed by atoms with Crippen LogP contribution in [-0.4, -0.2) is 0 Å². The van der Waals surface area contributed by atoms with Gasteiger partial charge in [0.15, 0.2) is 0 Å². The summed E-state index contributed by atoms with van der Waals surface area (Å²) in [5.41, 5.74) is 3.75. The van der Waals surface area contributed by atoms with Crippen molar-refractivity contribution < 1.29 is 0 Å². The van der Waals surface area contributed by atoms with Crippen LogP contribution in [0, 0.1) is 0 Å². The summed E-state index contributed by atoms with van der Waals surface area (Å²) >= 11 is 6.72. The molecule has 0 radical (unpaired) electrons. The molecule has 0 unspecified atom stereocenters. The van der Waals surface area contributed by atoms with Gasteiger partial charge in [-0.15, -0.1) is 0 Å². The summed E-state index contributed by atoms with van der Waals surface area (Å²) < 4.78 is 0. The van der Waals surface area contributed by atoms with Gasteiger partial charge in [0.25, 0.3) is 0 Å². The van der Waals surface area contributed by atoms with Crippen molar-refractivity contribution in [3.63, 3.8) is 0 Å². The Morgan fingerprint density at radius 1 is 0.448 bits per heavy atom. The smallest absolute Gasteiger partial charge is 0.0875 e. The van der Waals surface area contributed by atoms with E-state index in [-0.39, 0.29) is 0 Å². The fraction of sp³-hybridized carbons (Fsp3) is 0. The fourth-order valence-electron chi connectivity index (χ4n) is 3.57. The maximum Gasteiger partial charge on any atom is 0.0875 e. The Bertz CT molecular complexity index is 1230. The zero-order chi connectivity index (χ0) is 19.6. The van der Waals surface area contributed by atoms with Gasteiger partial charge < -0.3 is 10.6 Å². The quantitative estimate of drug-likeness (QED) is 0.321. The van der Waals surface area contributed by atoms with Crippen LogP contribution in [0.25, 0.3) is 21.5 Å². The summed E-state index contributed by atoms with van der Waals surface area (Å²) in [6.07, 6.45) is 0. The molecule has 0 bridgehead atoms. The van der Waals surface area contributed by atoms with Gasteiger partial charge in [0.2, 0.25) is 0 Å². The molecule has 5 aromatic carbocycles. The summed E-state index contributed by atoms with van der Waals surface area (Å²) in [7, 11) is 0. The summed E-state index contributed by atoms with van der Waals surface area (Å²) in [5.74, 6) is 0. The number of fused-ring (bicyclic) bond motifs is 2. The molecule has 0 aliphatic carbocycles. The van der Waals surface area contributed by atoms with Crippen molar-refractivity contribution in [3.05, 3.63) is 108 Å². The number of benzene rings is 5. The molecule has 0 aromatic heterocycles. The van der Waals surface area contributed by atoms with Gasteiger partial charge in [-0.3, -0.25) is 0 Å². The number of hydrogen-bond donors (Lipinski definition) is 2. The minimum Gasteiger partial charge on any atom is -0.354 e. The molecule has 2 nitrogen and oxygen atoms in total. The summed E-state index contributed by atoms with van der Waals surface area (Å²) in [6, 6.07) is 35.3. The molecule has 0 aliphatic rings. The zero-order valence-electron chi connectivity index (χ0n) is 15.7. The summed E-state index contributed by atoms with van der Waals surface area (Å²) in [4.78, 5) is 0. The molecule has 29 heavy (non-hydrogen) atoms. The van der Waals surface area contributed by atoms with Crippen LogP contribution < -0.4 is 10.6 Å². The van der Waals surface area contributed by atoms with Crippen molar-refractivity contribution >= 4 is 55.9 Å². The molecule has 0 saturated heterocycles. The number of anilines is 4. The van der Waals surface area contributed by atoms with E-state index >= 15 is 0 Å². The van der Waals surface area contributed by atoms with Gasteiger partial charge in [0.1, 0.15) is 0 Å². The predicted molar refractivity (Wildman–Crippen MR) is 126 cm³/mol. The molecule has 0 saturated carbocycles. The van der Waals surface area contributed by atoms with Crippen LogP contribution in [0.15, 0.2) is 103 Å². The first-order valence-corrected chi connectivity index (χ1v) is 9.94. The molecule has 0 fully saturated rings. The molecule has 0 atom stereocenters. The van der Waals surface area contributed by atoms with Crippen LogP contribution in [0.3, 0.4) is 0 Å². The van der Waals surface area contributed by atoms with Crippen molar-refractivity contribution in [1.82, 2.24) is 0 Å². The van der Waals surface area contributed by atoms with E-state index in [1.807, 2.05) is 42.5 Å². The van der Waals surface area contributed by atoms with Crippen LogP contribution in [0.2, 0.25) is 5.02 Å². The molecule has 3 heteroatoms. The second kappa shape index (κ2) is 7.50. The van der Waals surface area contributed by atoms with Crippen LogP contribution in [0.1, 0.15) is 0 Å². The molecule has 140 valence electrons. The number of hydrogen-bond acceptors (Lipinski definition) is 2. The first-order valence-electron chi connectivity index (χ1n) is 9.56. The van der Waals surface area contributed by atoms with Gasteiger partial charge in [-0.25, -0.2) is 0 Å². The van der Waals surface area contributed by atoms with E-state index in [4.69, 9.17) is 11.6 Å². The van der Waals surface area contributed by atoms with E-state index in [0.717, 1.165) is 22.7 Å². The molecule has 0 amide bonds. The third kappa shape index (κ3) is 3.63. The van der Waals surface area contributed by atoms with Crippen LogP contribution in [-0.2, 0) is 0 Å². The Hall–Kier alpha value is -3.49. The van der Waals surface area contributed by atoms with Gasteiger partial charge in [0, 0.05) is 11.4 Å². The third-order valence-corrected chi connectivity index (χ3v) is 5.46. The second-order valence-corrected chi connectivity index (χ2v) is 7.42. The summed E-state index contributed by atoms with van der Waals surface area (Å²) in [5, 5.41) is 12.4. The van der Waals surface area contributed by atoms with E-state index < -0.39 is 0 Å². The molecule has 0 heterocycles. The highest BCUT2D eigenvalue weighted by molar-refractivity contribution is 6.36. The minimum absolute atomic E-state index is 0.661. The van der Waals surface area contributed by atoms with Crippen molar-refractivity contribution in [2.24, 2.45) is 0 Å².